The predicted octanol–water partition coefficient (Wildman–Crippen LogP) is 7.09. The second-order valence-corrected chi connectivity index (χ2v) is 8.28. The molecule has 0 aliphatic rings. The van der Waals surface area contributed by atoms with Crippen molar-refractivity contribution in [3.63, 3.8) is 0 Å². The summed E-state index contributed by atoms with van der Waals surface area (Å²) in [6, 6.07) is 9.85. The number of para-hydroxylation sites is 1. The number of aliphatic hydroxyl groups excluding tert-OH is 1. The summed E-state index contributed by atoms with van der Waals surface area (Å²) in [5, 5.41) is 21.4. The number of aromatic hydroxyl groups is 1. The minimum Gasteiger partial charge on any atom is -0.507 e. The lowest BCUT2D eigenvalue weighted by molar-refractivity contribution is 0.198. The third-order valence-electron chi connectivity index (χ3n) is 5.41. The second-order valence-electron chi connectivity index (χ2n) is 8.28. The topological polar surface area (TPSA) is 40.5 Å². The molecule has 2 heteroatoms. The van der Waals surface area contributed by atoms with Crippen LogP contribution in [0.25, 0.3) is 11.1 Å². The Kier molecular flexibility index (Phi) is 7.49. The van der Waals surface area contributed by atoms with E-state index in [9.17, 15) is 10.2 Å². The average Bonchev–Trinajstić information content (AvgIpc) is 2.61. The standard InChI is InChI=1S/C25H36O2/c1-7-8-9-12-19-21(16(2)3)15-22(17(4)5)24(18(6)26)25(19)20-13-10-11-14-23(20)27/h10-11,13-18,26-27H,7-9,12H2,1-6H3. The summed E-state index contributed by atoms with van der Waals surface area (Å²) in [6.07, 6.45) is 3.88. The number of rotatable bonds is 8. The van der Waals surface area contributed by atoms with Crippen LogP contribution in [0.15, 0.2) is 30.3 Å². The van der Waals surface area contributed by atoms with E-state index in [-0.39, 0.29) is 5.75 Å². The Morgan fingerprint density at radius 1 is 0.889 bits per heavy atom. The zero-order valence-electron chi connectivity index (χ0n) is 17.8. The molecule has 27 heavy (non-hydrogen) atoms. The highest BCUT2D eigenvalue weighted by Crippen LogP contribution is 2.44. The molecule has 0 aliphatic carbocycles. The van der Waals surface area contributed by atoms with Gasteiger partial charge in [0.25, 0.3) is 0 Å². The SMILES string of the molecule is CCCCCc1c(C(C)C)cc(C(C)C)c(C(C)O)c1-c1ccccc1O. The maximum Gasteiger partial charge on any atom is 0.123 e. The Labute approximate surface area is 165 Å². The van der Waals surface area contributed by atoms with Gasteiger partial charge in [-0.15, -0.1) is 0 Å². The molecule has 0 spiro atoms. The summed E-state index contributed by atoms with van der Waals surface area (Å²) >= 11 is 0. The van der Waals surface area contributed by atoms with Crippen molar-refractivity contribution in [2.45, 2.75) is 85.2 Å². The van der Waals surface area contributed by atoms with Crippen LogP contribution in [0.4, 0.5) is 0 Å². The molecule has 148 valence electrons. The third-order valence-corrected chi connectivity index (χ3v) is 5.41. The van der Waals surface area contributed by atoms with Crippen LogP contribution >= 0.6 is 0 Å². The Balaban J connectivity index is 2.90. The van der Waals surface area contributed by atoms with Crippen molar-refractivity contribution in [3.05, 3.63) is 52.6 Å². The number of benzene rings is 2. The van der Waals surface area contributed by atoms with Gasteiger partial charge in [-0.05, 0) is 65.5 Å². The highest BCUT2D eigenvalue weighted by Gasteiger charge is 2.25. The van der Waals surface area contributed by atoms with Gasteiger partial charge in [0.15, 0.2) is 0 Å². The summed E-state index contributed by atoms with van der Waals surface area (Å²) in [5.74, 6) is 0.986. The Bertz CT molecular complexity index is 757. The van der Waals surface area contributed by atoms with E-state index in [1.165, 1.54) is 29.5 Å². The first-order valence-electron chi connectivity index (χ1n) is 10.4. The number of unbranched alkanes of at least 4 members (excludes halogenated alkanes) is 2. The number of phenols is 1. The van der Waals surface area contributed by atoms with E-state index in [2.05, 4.69) is 40.7 Å². The summed E-state index contributed by atoms with van der Waals surface area (Å²) in [6.45, 7) is 12.9. The molecular formula is C25H36O2. The summed E-state index contributed by atoms with van der Waals surface area (Å²) < 4.78 is 0. The minimum atomic E-state index is -0.580. The van der Waals surface area contributed by atoms with Crippen molar-refractivity contribution in [2.24, 2.45) is 0 Å². The van der Waals surface area contributed by atoms with Crippen LogP contribution in [0, 0.1) is 0 Å². The number of hydrogen-bond donors (Lipinski definition) is 2. The van der Waals surface area contributed by atoms with Crippen LogP contribution in [-0.2, 0) is 6.42 Å². The van der Waals surface area contributed by atoms with E-state index >= 15 is 0 Å². The number of hydrogen-bond acceptors (Lipinski definition) is 2. The molecule has 0 fully saturated rings. The van der Waals surface area contributed by atoms with Gasteiger partial charge in [0.2, 0.25) is 0 Å². The summed E-state index contributed by atoms with van der Waals surface area (Å²) in [7, 11) is 0. The molecule has 0 heterocycles. The summed E-state index contributed by atoms with van der Waals surface area (Å²) in [4.78, 5) is 0. The maximum atomic E-state index is 10.7. The van der Waals surface area contributed by atoms with Crippen molar-refractivity contribution >= 4 is 0 Å². The Morgan fingerprint density at radius 3 is 2.04 bits per heavy atom. The van der Waals surface area contributed by atoms with Crippen LogP contribution in [0.5, 0.6) is 5.75 Å². The van der Waals surface area contributed by atoms with Gasteiger partial charge in [0.1, 0.15) is 5.75 Å². The zero-order chi connectivity index (χ0) is 20.1. The molecular weight excluding hydrogens is 332 g/mol. The van der Waals surface area contributed by atoms with Crippen LogP contribution in [-0.4, -0.2) is 10.2 Å². The predicted molar refractivity (Wildman–Crippen MR) is 116 cm³/mol. The van der Waals surface area contributed by atoms with Gasteiger partial charge in [-0.1, -0.05) is 71.7 Å². The quantitative estimate of drug-likeness (QED) is 0.488. The van der Waals surface area contributed by atoms with E-state index < -0.39 is 6.10 Å². The van der Waals surface area contributed by atoms with Crippen molar-refractivity contribution in [1.29, 1.82) is 0 Å². The van der Waals surface area contributed by atoms with Crippen LogP contribution in [0.3, 0.4) is 0 Å². The highest BCUT2D eigenvalue weighted by molar-refractivity contribution is 5.79. The smallest absolute Gasteiger partial charge is 0.123 e. The largest absolute Gasteiger partial charge is 0.507 e. The van der Waals surface area contributed by atoms with E-state index in [4.69, 9.17) is 0 Å². The molecule has 0 aromatic heterocycles. The first kappa shape index (κ1) is 21.5. The second kappa shape index (κ2) is 9.41. The van der Waals surface area contributed by atoms with E-state index in [0.29, 0.717) is 11.8 Å². The van der Waals surface area contributed by atoms with Gasteiger partial charge < -0.3 is 10.2 Å². The lowest BCUT2D eigenvalue weighted by atomic mass is 9.78. The lowest BCUT2D eigenvalue weighted by Crippen LogP contribution is -2.11. The molecule has 0 saturated heterocycles. The first-order valence-corrected chi connectivity index (χ1v) is 10.4. The van der Waals surface area contributed by atoms with Gasteiger partial charge in [0.05, 0.1) is 6.10 Å². The minimum absolute atomic E-state index is 0.284. The van der Waals surface area contributed by atoms with Crippen molar-refractivity contribution in [2.75, 3.05) is 0 Å². The van der Waals surface area contributed by atoms with Crippen LogP contribution in [0.1, 0.15) is 101 Å². The molecule has 2 rings (SSSR count). The maximum absolute atomic E-state index is 10.7. The van der Waals surface area contributed by atoms with Gasteiger partial charge in [-0.3, -0.25) is 0 Å². The fourth-order valence-electron chi connectivity index (χ4n) is 4.04. The normalized spacial score (nSPS) is 12.8. The molecule has 2 aromatic rings. The Hall–Kier alpha value is -1.80. The highest BCUT2D eigenvalue weighted by atomic mass is 16.3. The van der Waals surface area contributed by atoms with Crippen molar-refractivity contribution in [3.8, 4) is 16.9 Å². The molecule has 2 nitrogen and oxygen atoms in total. The van der Waals surface area contributed by atoms with E-state index in [0.717, 1.165) is 29.5 Å². The van der Waals surface area contributed by atoms with Crippen molar-refractivity contribution < 1.29 is 10.2 Å². The molecule has 0 aliphatic heterocycles. The third kappa shape index (κ3) is 4.73. The van der Waals surface area contributed by atoms with Crippen LogP contribution < -0.4 is 0 Å². The monoisotopic (exact) mass is 368 g/mol. The fourth-order valence-corrected chi connectivity index (χ4v) is 4.04. The van der Waals surface area contributed by atoms with Gasteiger partial charge >= 0.3 is 0 Å². The fraction of sp³-hybridized carbons (Fsp3) is 0.520. The summed E-state index contributed by atoms with van der Waals surface area (Å²) in [5.41, 5.74) is 6.68. The Morgan fingerprint density at radius 2 is 1.52 bits per heavy atom. The van der Waals surface area contributed by atoms with Gasteiger partial charge in [0, 0.05) is 5.56 Å². The molecule has 0 bridgehead atoms. The van der Waals surface area contributed by atoms with Crippen LogP contribution in [0.2, 0.25) is 0 Å². The molecule has 2 aromatic carbocycles. The zero-order valence-corrected chi connectivity index (χ0v) is 17.8. The first-order chi connectivity index (χ1) is 12.8. The number of phenolic OH excluding ortho intramolecular Hbond substituents is 1. The molecule has 0 amide bonds. The average molecular weight is 369 g/mol. The lowest BCUT2D eigenvalue weighted by Gasteiger charge is -2.27. The molecule has 0 radical (unpaired) electrons. The van der Waals surface area contributed by atoms with Crippen molar-refractivity contribution in [1.82, 2.24) is 0 Å². The van der Waals surface area contributed by atoms with E-state index in [1.807, 2.05) is 25.1 Å². The molecule has 1 unspecified atom stereocenters. The van der Waals surface area contributed by atoms with Gasteiger partial charge in [-0.25, -0.2) is 0 Å². The molecule has 0 saturated carbocycles. The number of aliphatic hydroxyl groups is 1. The van der Waals surface area contributed by atoms with E-state index in [1.54, 1.807) is 6.07 Å². The molecule has 2 N–H and O–H groups in total. The van der Waals surface area contributed by atoms with Gasteiger partial charge in [-0.2, -0.15) is 0 Å². The molecule has 1 atom stereocenters.